The predicted octanol–water partition coefficient (Wildman–Crippen LogP) is 2.75. The van der Waals surface area contributed by atoms with Gasteiger partial charge in [0.15, 0.2) is 0 Å². The highest BCUT2D eigenvalue weighted by Crippen LogP contribution is 2.09. The quantitative estimate of drug-likeness (QED) is 0.873. The van der Waals surface area contributed by atoms with Gasteiger partial charge >= 0.3 is 6.09 Å². The fourth-order valence-corrected chi connectivity index (χ4v) is 1.68. The van der Waals surface area contributed by atoms with Crippen LogP contribution in [0.3, 0.4) is 0 Å². The lowest BCUT2D eigenvalue weighted by Crippen LogP contribution is -2.45. The molecule has 0 bridgehead atoms. The predicted molar refractivity (Wildman–Crippen MR) is 83.3 cm³/mol. The highest BCUT2D eigenvalue weighted by molar-refractivity contribution is 5.68. The summed E-state index contributed by atoms with van der Waals surface area (Å²) in [7, 11) is 0. The number of carbonyl (C=O) groups is 1. The summed E-state index contributed by atoms with van der Waals surface area (Å²) in [5, 5.41) is 6.08. The van der Waals surface area contributed by atoms with Crippen molar-refractivity contribution >= 4 is 11.9 Å². The molecule has 0 radical (unpaired) electrons. The van der Waals surface area contributed by atoms with Gasteiger partial charge in [0.05, 0.1) is 17.9 Å². The van der Waals surface area contributed by atoms with E-state index in [9.17, 15) is 4.79 Å². The number of alkyl carbamates (subject to hydrolysis) is 1. The van der Waals surface area contributed by atoms with Crippen molar-refractivity contribution in [2.75, 3.05) is 11.9 Å². The minimum absolute atomic E-state index is 0.0536. The van der Waals surface area contributed by atoms with Crippen LogP contribution >= 0.6 is 0 Å². The number of carbonyl (C=O) groups excluding carboxylic acids is 1. The lowest BCUT2D eigenvalue weighted by Gasteiger charge is -2.26. The van der Waals surface area contributed by atoms with Crippen LogP contribution in [-0.4, -0.2) is 34.2 Å². The van der Waals surface area contributed by atoms with E-state index in [1.54, 1.807) is 12.4 Å². The average molecular weight is 294 g/mol. The zero-order valence-electron chi connectivity index (χ0n) is 13.7. The Kier molecular flexibility index (Phi) is 5.93. The maximum Gasteiger partial charge on any atom is 0.407 e. The Morgan fingerprint density at radius 1 is 1.33 bits per heavy atom. The SMILES string of the molecule is Cc1cncc(NCC(NC(=O)OC(C)(C)C)C(C)C)n1. The average Bonchev–Trinajstić information content (AvgIpc) is 2.32. The zero-order chi connectivity index (χ0) is 16.0. The van der Waals surface area contributed by atoms with Gasteiger partial charge < -0.3 is 15.4 Å². The number of nitrogens with one attached hydrogen (secondary N) is 2. The molecule has 1 rings (SSSR count). The Balaban J connectivity index is 2.56. The molecular weight excluding hydrogens is 268 g/mol. The second-order valence-electron chi connectivity index (χ2n) is 6.42. The summed E-state index contributed by atoms with van der Waals surface area (Å²) in [5.74, 6) is 0.967. The monoisotopic (exact) mass is 294 g/mol. The van der Waals surface area contributed by atoms with Gasteiger partial charge in [-0.25, -0.2) is 9.78 Å². The van der Waals surface area contributed by atoms with Crippen molar-refractivity contribution in [1.29, 1.82) is 0 Å². The van der Waals surface area contributed by atoms with Crippen LogP contribution in [0.1, 0.15) is 40.3 Å². The normalized spacial score (nSPS) is 12.9. The first-order valence-electron chi connectivity index (χ1n) is 7.19. The van der Waals surface area contributed by atoms with Gasteiger partial charge in [0.1, 0.15) is 11.4 Å². The highest BCUT2D eigenvalue weighted by Gasteiger charge is 2.21. The third-order valence-electron chi connectivity index (χ3n) is 2.76. The van der Waals surface area contributed by atoms with Crippen molar-refractivity contribution in [3.05, 3.63) is 18.1 Å². The molecule has 1 atom stereocenters. The van der Waals surface area contributed by atoms with Gasteiger partial charge in [-0.15, -0.1) is 0 Å². The Morgan fingerprint density at radius 2 is 2.00 bits per heavy atom. The smallest absolute Gasteiger partial charge is 0.407 e. The molecule has 2 N–H and O–H groups in total. The minimum atomic E-state index is -0.499. The van der Waals surface area contributed by atoms with Crippen molar-refractivity contribution in [1.82, 2.24) is 15.3 Å². The fraction of sp³-hybridized carbons (Fsp3) is 0.667. The van der Waals surface area contributed by atoms with Gasteiger partial charge in [-0.1, -0.05) is 13.8 Å². The first-order chi connectivity index (χ1) is 9.67. The van der Waals surface area contributed by atoms with Crippen molar-refractivity contribution in [2.24, 2.45) is 5.92 Å². The van der Waals surface area contributed by atoms with E-state index in [0.29, 0.717) is 12.4 Å². The van der Waals surface area contributed by atoms with E-state index in [1.165, 1.54) is 0 Å². The fourth-order valence-electron chi connectivity index (χ4n) is 1.68. The molecule has 21 heavy (non-hydrogen) atoms. The molecule has 1 amide bonds. The molecule has 0 fully saturated rings. The maximum atomic E-state index is 11.8. The van der Waals surface area contributed by atoms with E-state index < -0.39 is 11.7 Å². The number of amides is 1. The molecule has 0 spiro atoms. The standard InChI is InChI=1S/C15H26N4O2/c1-10(2)12(19-14(20)21-15(4,5)6)8-17-13-9-16-7-11(3)18-13/h7,9-10,12H,8H2,1-6H3,(H,17,18)(H,19,20). The molecule has 1 unspecified atom stereocenters. The van der Waals surface area contributed by atoms with Crippen LogP contribution in [0.25, 0.3) is 0 Å². The third-order valence-corrected chi connectivity index (χ3v) is 2.76. The highest BCUT2D eigenvalue weighted by atomic mass is 16.6. The molecule has 1 aromatic heterocycles. The molecule has 0 aromatic carbocycles. The van der Waals surface area contributed by atoms with Crippen molar-refractivity contribution in [3.63, 3.8) is 0 Å². The van der Waals surface area contributed by atoms with E-state index in [1.807, 2.05) is 41.5 Å². The second kappa shape index (κ2) is 7.24. The van der Waals surface area contributed by atoms with Crippen LogP contribution in [0.4, 0.5) is 10.6 Å². The number of hydrogen-bond acceptors (Lipinski definition) is 5. The minimum Gasteiger partial charge on any atom is -0.444 e. The summed E-state index contributed by atoms with van der Waals surface area (Å²) in [6.07, 6.45) is 2.96. The topological polar surface area (TPSA) is 76.1 Å². The van der Waals surface area contributed by atoms with Crippen LogP contribution in [0, 0.1) is 12.8 Å². The number of nitrogens with zero attached hydrogens (tertiary/aromatic N) is 2. The van der Waals surface area contributed by atoms with E-state index in [4.69, 9.17) is 4.74 Å². The van der Waals surface area contributed by atoms with E-state index >= 15 is 0 Å². The van der Waals surface area contributed by atoms with Crippen molar-refractivity contribution in [2.45, 2.75) is 53.2 Å². The van der Waals surface area contributed by atoms with Crippen LogP contribution < -0.4 is 10.6 Å². The number of ether oxygens (including phenoxy) is 1. The summed E-state index contributed by atoms with van der Waals surface area (Å²) in [5.41, 5.74) is 0.349. The Hall–Kier alpha value is -1.85. The molecule has 0 aliphatic rings. The number of aromatic nitrogens is 2. The van der Waals surface area contributed by atoms with Gasteiger partial charge in [-0.05, 0) is 33.6 Å². The Labute approximate surface area is 126 Å². The lowest BCUT2D eigenvalue weighted by molar-refractivity contribution is 0.0494. The van der Waals surface area contributed by atoms with Gasteiger partial charge in [0.25, 0.3) is 0 Å². The van der Waals surface area contributed by atoms with Crippen LogP contribution in [0.2, 0.25) is 0 Å². The van der Waals surface area contributed by atoms with Gasteiger partial charge in [-0.3, -0.25) is 4.98 Å². The zero-order valence-corrected chi connectivity index (χ0v) is 13.7. The molecule has 6 nitrogen and oxygen atoms in total. The summed E-state index contributed by atoms with van der Waals surface area (Å²) >= 11 is 0. The van der Waals surface area contributed by atoms with E-state index in [-0.39, 0.29) is 12.0 Å². The Morgan fingerprint density at radius 3 is 2.52 bits per heavy atom. The summed E-state index contributed by atoms with van der Waals surface area (Å²) < 4.78 is 5.28. The molecular formula is C15H26N4O2. The van der Waals surface area contributed by atoms with Gasteiger partial charge in [0, 0.05) is 12.7 Å². The number of anilines is 1. The van der Waals surface area contributed by atoms with E-state index in [2.05, 4.69) is 20.6 Å². The van der Waals surface area contributed by atoms with E-state index in [0.717, 1.165) is 5.69 Å². The Bertz CT molecular complexity index is 469. The van der Waals surface area contributed by atoms with Crippen LogP contribution in [0.15, 0.2) is 12.4 Å². The molecule has 0 aliphatic carbocycles. The summed E-state index contributed by atoms with van der Waals surface area (Å²) in [4.78, 5) is 20.3. The van der Waals surface area contributed by atoms with Crippen LogP contribution in [0.5, 0.6) is 0 Å². The third kappa shape index (κ3) is 6.92. The number of aryl methyl sites for hydroxylation is 1. The molecule has 0 saturated heterocycles. The second-order valence-corrected chi connectivity index (χ2v) is 6.42. The van der Waals surface area contributed by atoms with Crippen LogP contribution in [-0.2, 0) is 4.74 Å². The molecule has 1 heterocycles. The molecule has 118 valence electrons. The molecule has 6 heteroatoms. The summed E-state index contributed by atoms with van der Waals surface area (Å²) in [6.45, 7) is 12.1. The summed E-state index contributed by atoms with van der Waals surface area (Å²) in [6, 6.07) is -0.0536. The molecule has 1 aromatic rings. The maximum absolute atomic E-state index is 11.8. The lowest BCUT2D eigenvalue weighted by atomic mass is 10.0. The molecule has 0 aliphatic heterocycles. The number of hydrogen-bond donors (Lipinski definition) is 2. The largest absolute Gasteiger partial charge is 0.444 e. The first kappa shape index (κ1) is 17.2. The van der Waals surface area contributed by atoms with Crippen molar-refractivity contribution < 1.29 is 9.53 Å². The number of rotatable bonds is 5. The van der Waals surface area contributed by atoms with Gasteiger partial charge in [0.2, 0.25) is 0 Å². The van der Waals surface area contributed by atoms with Gasteiger partial charge in [-0.2, -0.15) is 0 Å². The van der Waals surface area contributed by atoms with Crippen molar-refractivity contribution in [3.8, 4) is 0 Å². The molecule has 0 saturated carbocycles. The first-order valence-corrected chi connectivity index (χ1v) is 7.19.